The van der Waals surface area contributed by atoms with E-state index in [1.165, 1.54) is 11.1 Å². The van der Waals surface area contributed by atoms with Gasteiger partial charge in [0.2, 0.25) is 0 Å². The van der Waals surface area contributed by atoms with Crippen LogP contribution in [0.5, 0.6) is 5.75 Å². The van der Waals surface area contributed by atoms with Crippen molar-refractivity contribution in [3.8, 4) is 5.75 Å². The molecule has 0 bridgehead atoms. The monoisotopic (exact) mass is 418 g/mol. The maximum atomic E-state index is 11.8. The molecule has 31 heavy (non-hydrogen) atoms. The number of pyridine rings is 2. The van der Waals surface area contributed by atoms with E-state index in [0.29, 0.717) is 18.7 Å². The number of ether oxygens (including phenoxy) is 1. The summed E-state index contributed by atoms with van der Waals surface area (Å²) < 4.78 is 5.89. The molecule has 1 N–H and O–H groups in total. The first-order chi connectivity index (χ1) is 15.2. The average molecular weight is 419 g/mol. The van der Waals surface area contributed by atoms with Crippen LogP contribution in [0.1, 0.15) is 34.8 Å². The Morgan fingerprint density at radius 2 is 1.77 bits per heavy atom. The van der Waals surface area contributed by atoms with Crippen LogP contribution in [0.2, 0.25) is 0 Å². The minimum Gasteiger partial charge on any atom is -0.494 e. The second kappa shape index (κ2) is 12.4. The van der Waals surface area contributed by atoms with Gasteiger partial charge in [0, 0.05) is 56.5 Å². The summed E-state index contributed by atoms with van der Waals surface area (Å²) in [6, 6.07) is 15.5. The molecule has 2 aromatic heterocycles. The molecule has 0 saturated carbocycles. The predicted octanol–water partition coefficient (Wildman–Crippen LogP) is 3.74. The summed E-state index contributed by atoms with van der Waals surface area (Å²) in [5.41, 5.74) is 3.14. The third-order valence-electron chi connectivity index (χ3n) is 4.94. The van der Waals surface area contributed by atoms with Gasteiger partial charge in [0.05, 0.1) is 6.61 Å². The number of nitrogens with one attached hydrogen (secondary N) is 1. The minimum atomic E-state index is -0.0607. The van der Waals surface area contributed by atoms with E-state index in [9.17, 15) is 4.79 Å². The zero-order valence-corrected chi connectivity index (χ0v) is 18.0. The van der Waals surface area contributed by atoms with Gasteiger partial charge < -0.3 is 10.1 Å². The van der Waals surface area contributed by atoms with E-state index in [2.05, 4.69) is 38.4 Å². The Bertz CT molecular complexity index is 902. The van der Waals surface area contributed by atoms with Crippen molar-refractivity contribution in [1.82, 2.24) is 20.2 Å². The third kappa shape index (κ3) is 7.83. The number of amides is 1. The van der Waals surface area contributed by atoms with Gasteiger partial charge in [0.15, 0.2) is 0 Å². The van der Waals surface area contributed by atoms with Crippen LogP contribution in [0.15, 0.2) is 73.3 Å². The first-order valence-corrected chi connectivity index (χ1v) is 10.8. The highest BCUT2D eigenvalue weighted by Gasteiger charge is 2.08. The minimum absolute atomic E-state index is 0.0607. The molecule has 0 fully saturated rings. The zero-order chi connectivity index (χ0) is 21.7. The SMILES string of the molecule is CCNC(=O)c1ccc(OCCCN(CCc2cccnc2)Cc2ccncc2)cc1. The van der Waals surface area contributed by atoms with Crippen LogP contribution in [-0.4, -0.2) is 47.0 Å². The molecule has 3 aromatic rings. The number of hydrogen-bond acceptors (Lipinski definition) is 5. The first-order valence-electron chi connectivity index (χ1n) is 10.8. The highest BCUT2D eigenvalue weighted by molar-refractivity contribution is 5.94. The number of carbonyl (C=O) groups excluding carboxylic acids is 1. The Labute approximate surface area is 184 Å². The van der Waals surface area contributed by atoms with Crippen LogP contribution >= 0.6 is 0 Å². The second-order valence-electron chi connectivity index (χ2n) is 7.33. The number of rotatable bonds is 12. The van der Waals surface area contributed by atoms with Crippen molar-refractivity contribution in [3.63, 3.8) is 0 Å². The topological polar surface area (TPSA) is 67.3 Å². The fourth-order valence-electron chi connectivity index (χ4n) is 3.29. The lowest BCUT2D eigenvalue weighted by Gasteiger charge is -2.22. The molecule has 1 amide bonds. The lowest BCUT2D eigenvalue weighted by Crippen LogP contribution is -2.28. The van der Waals surface area contributed by atoms with Gasteiger partial charge in [-0.3, -0.25) is 19.7 Å². The third-order valence-corrected chi connectivity index (χ3v) is 4.94. The van der Waals surface area contributed by atoms with Crippen molar-refractivity contribution < 1.29 is 9.53 Å². The Hall–Kier alpha value is -3.25. The fourth-order valence-corrected chi connectivity index (χ4v) is 3.29. The van der Waals surface area contributed by atoms with E-state index in [1.54, 1.807) is 18.3 Å². The predicted molar refractivity (Wildman–Crippen MR) is 122 cm³/mol. The summed E-state index contributed by atoms with van der Waals surface area (Å²) in [6.07, 6.45) is 9.28. The lowest BCUT2D eigenvalue weighted by molar-refractivity contribution is 0.0956. The summed E-state index contributed by atoms with van der Waals surface area (Å²) in [5, 5.41) is 2.80. The largest absolute Gasteiger partial charge is 0.494 e. The van der Waals surface area contributed by atoms with Gasteiger partial charge in [-0.1, -0.05) is 6.07 Å². The molecule has 6 heteroatoms. The number of aromatic nitrogens is 2. The van der Waals surface area contributed by atoms with Crippen LogP contribution in [-0.2, 0) is 13.0 Å². The summed E-state index contributed by atoms with van der Waals surface area (Å²) >= 11 is 0. The molecule has 0 saturated heterocycles. The molecule has 0 aliphatic rings. The molecular formula is C25H30N4O2. The zero-order valence-electron chi connectivity index (χ0n) is 18.0. The molecule has 0 unspecified atom stereocenters. The van der Waals surface area contributed by atoms with E-state index in [4.69, 9.17) is 4.74 Å². The van der Waals surface area contributed by atoms with Gasteiger partial charge in [-0.2, -0.15) is 0 Å². The quantitative estimate of drug-likeness (QED) is 0.454. The molecule has 0 aliphatic heterocycles. The standard InChI is InChI=1S/C25H30N4O2/c1-2-28-25(30)23-6-8-24(9-7-23)31-18-4-16-29(20-22-10-14-26-15-11-22)17-12-21-5-3-13-27-19-21/h3,5-11,13-15,19H,2,4,12,16-18,20H2,1H3,(H,28,30). The molecule has 0 atom stereocenters. The number of benzene rings is 1. The molecule has 1 aromatic carbocycles. The van der Waals surface area contributed by atoms with Crippen LogP contribution < -0.4 is 10.1 Å². The van der Waals surface area contributed by atoms with Gasteiger partial charge in [0.25, 0.3) is 5.91 Å². The van der Waals surface area contributed by atoms with Crippen molar-refractivity contribution in [3.05, 3.63) is 90.0 Å². The van der Waals surface area contributed by atoms with Gasteiger partial charge in [0.1, 0.15) is 5.75 Å². The Kier molecular flexibility index (Phi) is 9.01. The van der Waals surface area contributed by atoms with Gasteiger partial charge in [-0.25, -0.2) is 0 Å². The van der Waals surface area contributed by atoms with Crippen molar-refractivity contribution in [1.29, 1.82) is 0 Å². The van der Waals surface area contributed by atoms with Crippen molar-refractivity contribution in [2.75, 3.05) is 26.2 Å². The molecule has 0 radical (unpaired) electrons. The highest BCUT2D eigenvalue weighted by Crippen LogP contribution is 2.13. The molecule has 6 nitrogen and oxygen atoms in total. The number of hydrogen-bond donors (Lipinski definition) is 1. The number of nitrogens with zero attached hydrogens (tertiary/aromatic N) is 3. The summed E-state index contributed by atoms with van der Waals surface area (Å²) in [5.74, 6) is 0.721. The van der Waals surface area contributed by atoms with E-state index >= 15 is 0 Å². The molecular weight excluding hydrogens is 388 g/mol. The summed E-state index contributed by atoms with van der Waals surface area (Å²) in [6.45, 7) is 5.91. The van der Waals surface area contributed by atoms with Crippen LogP contribution in [0.25, 0.3) is 0 Å². The summed E-state index contributed by atoms with van der Waals surface area (Å²) in [7, 11) is 0. The average Bonchev–Trinajstić information content (AvgIpc) is 2.82. The molecule has 162 valence electrons. The van der Waals surface area contributed by atoms with Crippen LogP contribution in [0.3, 0.4) is 0 Å². The highest BCUT2D eigenvalue weighted by atomic mass is 16.5. The van der Waals surface area contributed by atoms with Gasteiger partial charge in [-0.05, 0) is 73.4 Å². The lowest BCUT2D eigenvalue weighted by atomic mass is 10.2. The molecule has 0 aliphatic carbocycles. The number of carbonyl (C=O) groups is 1. The van der Waals surface area contributed by atoms with Gasteiger partial charge in [-0.15, -0.1) is 0 Å². The van der Waals surface area contributed by atoms with Crippen molar-refractivity contribution >= 4 is 5.91 Å². The Morgan fingerprint density at radius 1 is 0.968 bits per heavy atom. The van der Waals surface area contributed by atoms with Gasteiger partial charge >= 0.3 is 0 Å². The normalized spacial score (nSPS) is 10.8. The Morgan fingerprint density at radius 3 is 2.48 bits per heavy atom. The van der Waals surface area contributed by atoms with E-state index in [0.717, 1.165) is 38.2 Å². The second-order valence-corrected chi connectivity index (χ2v) is 7.33. The van der Waals surface area contributed by atoms with Crippen molar-refractivity contribution in [2.24, 2.45) is 0 Å². The fraction of sp³-hybridized carbons (Fsp3) is 0.320. The molecule has 3 rings (SSSR count). The summed E-state index contributed by atoms with van der Waals surface area (Å²) in [4.78, 5) is 22.6. The molecule has 2 heterocycles. The van der Waals surface area contributed by atoms with Crippen molar-refractivity contribution in [2.45, 2.75) is 26.3 Å². The van der Waals surface area contributed by atoms with E-state index < -0.39 is 0 Å². The smallest absolute Gasteiger partial charge is 0.251 e. The maximum Gasteiger partial charge on any atom is 0.251 e. The molecule has 0 spiro atoms. The van der Waals surface area contributed by atoms with E-state index in [1.807, 2.05) is 43.7 Å². The van der Waals surface area contributed by atoms with E-state index in [-0.39, 0.29) is 5.91 Å². The maximum absolute atomic E-state index is 11.8. The van der Waals surface area contributed by atoms with Crippen LogP contribution in [0.4, 0.5) is 0 Å². The Balaban J connectivity index is 1.48. The van der Waals surface area contributed by atoms with Crippen LogP contribution in [0, 0.1) is 0 Å². The first kappa shape index (κ1) is 22.4.